The van der Waals surface area contributed by atoms with Crippen LogP contribution in [0.2, 0.25) is 0 Å². The Labute approximate surface area is 95.9 Å². The van der Waals surface area contributed by atoms with Gasteiger partial charge in [0.05, 0.1) is 5.69 Å². The highest BCUT2D eigenvalue weighted by Crippen LogP contribution is 2.23. The minimum atomic E-state index is 0.485. The lowest BCUT2D eigenvalue weighted by molar-refractivity contribution is 0.919. The van der Waals surface area contributed by atoms with Crippen LogP contribution in [0.1, 0.15) is 16.8 Å². The summed E-state index contributed by atoms with van der Waals surface area (Å²) in [4.78, 5) is 4.54. The summed E-state index contributed by atoms with van der Waals surface area (Å²) in [6, 6.07) is 6.41. The van der Waals surface area contributed by atoms with Gasteiger partial charge >= 0.3 is 0 Å². The maximum Gasteiger partial charge on any atom is 0.140 e. The smallest absolute Gasteiger partial charge is 0.140 e. The van der Waals surface area contributed by atoms with Gasteiger partial charge in [0, 0.05) is 25.4 Å². The molecule has 0 aliphatic rings. The van der Waals surface area contributed by atoms with Gasteiger partial charge in [-0.3, -0.25) is 0 Å². The third kappa shape index (κ3) is 1.86. The normalized spacial score (nSPS) is 10.8. The monoisotopic (exact) mass is 215 g/mol. The second-order valence-electron chi connectivity index (χ2n) is 4.19. The molecule has 0 spiro atoms. The summed E-state index contributed by atoms with van der Waals surface area (Å²) in [6.45, 7) is 4.68. The average molecular weight is 215 g/mol. The van der Waals surface area contributed by atoms with E-state index < -0.39 is 0 Å². The molecule has 16 heavy (non-hydrogen) atoms. The van der Waals surface area contributed by atoms with Gasteiger partial charge in [0.1, 0.15) is 5.82 Å². The molecule has 1 aromatic carbocycles. The quantitative estimate of drug-likeness (QED) is 0.834. The highest BCUT2D eigenvalue weighted by molar-refractivity contribution is 5.61. The average Bonchev–Trinajstić information content (AvgIpc) is 2.63. The van der Waals surface area contributed by atoms with Gasteiger partial charge in [-0.2, -0.15) is 0 Å². The second-order valence-corrected chi connectivity index (χ2v) is 4.19. The largest absolute Gasteiger partial charge is 0.334 e. The third-order valence-corrected chi connectivity index (χ3v) is 2.77. The first kappa shape index (κ1) is 10.9. The van der Waals surface area contributed by atoms with Crippen molar-refractivity contribution in [3.05, 3.63) is 41.2 Å². The first-order chi connectivity index (χ1) is 7.61. The number of hydrogen-bond donors (Lipinski definition) is 1. The van der Waals surface area contributed by atoms with E-state index in [9.17, 15) is 0 Å². The minimum absolute atomic E-state index is 0.485. The van der Waals surface area contributed by atoms with E-state index in [4.69, 9.17) is 5.73 Å². The number of aryl methyl sites for hydroxylation is 3. The van der Waals surface area contributed by atoms with Crippen LogP contribution in [0, 0.1) is 13.8 Å². The molecule has 0 atom stereocenters. The fourth-order valence-corrected chi connectivity index (χ4v) is 1.85. The number of hydrogen-bond acceptors (Lipinski definition) is 2. The maximum absolute atomic E-state index is 5.60. The Morgan fingerprint density at radius 3 is 2.69 bits per heavy atom. The molecule has 0 aliphatic carbocycles. The van der Waals surface area contributed by atoms with E-state index in [1.165, 1.54) is 16.7 Å². The van der Waals surface area contributed by atoms with Crippen molar-refractivity contribution in [3.8, 4) is 11.4 Å². The van der Waals surface area contributed by atoms with Gasteiger partial charge in [-0.15, -0.1) is 0 Å². The molecule has 0 amide bonds. The van der Waals surface area contributed by atoms with E-state index in [0.29, 0.717) is 6.54 Å². The third-order valence-electron chi connectivity index (χ3n) is 2.77. The lowest BCUT2D eigenvalue weighted by atomic mass is 10.1. The Bertz CT molecular complexity index is 512. The van der Waals surface area contributed by atoms with Crippen LogP contribution in [0.5, 0.6) is 0 Å². The number of benzene rings is 1. The summed E-state index contributed by atoms with van der Waals surface area (Å²) in [5, 5.41) is 0. The van der Waals surface area contributed by atoms with Crippen LogP contribution < -0.4 is 5.73 Å². The van der Waals surface area contributed by atoms with Gasteiger partial charge in [-0.1, -0.05) is 17.7 Å². The Hall–Kier alpha value is -1.61. The van der Waals surface area contributed by atoms with Gasteiger partial charge in [-0.25, -0.2) is 4.98 Å². The zero-order valence-corrected chi connectivity index (χ0v) is 9.99. The molecule has 1 heterocycles. The van der Waals surface area contributed by atoms with Crippen LogP contribution >= 0.6 is 0 Å². The van der Waals surface area contributed by atoms with E-state index in [0.717, 1.165) is 11.5 Å². The first-order valence-electron chi connectivity index (χ1n) is 5.41. The van der Waals surface area contributed by atoms with Gasteiger partial charge < -0.3 is 10.3 Å². The molecule has 1 aromatic heterocycles. The molecule has 3 heteroatoms. The fourth-order valence-electron chi connectivity index (χ4n) is 1.85. The molecule has 2 N–H and O–H groups in total. The molecule has 0 unspecified atom stereocenters. The molecule has 0 bridgehead atoms. The van der Waals surface area contributed by atoms with E-state index in [1.807, 2.05) is 17.8 Å². The molecule has 2 rings (SSSR count). The molecule has 3 nitrogen and oxygen atoms in total. The Balaban J connectivity index is 2.57. The summed E-state index contributed by atoms with van der Waals surface area (Å²) in [7, 11) is 2.00. The minimum Gasteiger partial charge on any atom is -0.334 e. The molecular formula is C13H17N3. The van der Waals surface area contributed by atoms with Gasteiger partial charge in [0.2, 0.25) is 0 Å². The zero-order valence-electron chi connectivity index (χ0n) is 9.99. The highest BCUT2D eigenvalue weighted by Gasteiger charge is 2.09. The van der Waals surface area contributed by atoms with Crippen LogP contribution in [-0.2, 0) is 13.6 Å². The van der Waals surface area contributed by atoms with Crippen LogP contribution in [0.4, 0.5) is 0 Å². The van der Waals surface area contributed by atoms with Gasteiger partial charge in [0.25, 0.3) is 0 Å². The van der Waals surface area contributed by atoms with Crippen molar-refractivity contribution in [2.75, 3.05) is 0 Å². The molecule has 0 aliphatic heterocycles. The highest BCUT2D eigenvalue weighted by atomic mass is 15.1. The standard InChI is InChI=1S/C13H17N3/c1-9-4-5-10(2)12(6-9)13-15-11(7-14)8-16(13)3/h4-6,8H,7,14H2,1-3H3. The predicted molar refractivity (Wildman–Crippen MR) is 66.0 cm³/mol. The maximum atomic E-state index is 5.60. The fraction of sp³-hybridized carbons (Fsp3) is 0.308. The van der Waals surface area contributed by atoms with Crippen LogP contribution in [-0.4, -0.2) is 9.55 Å². The number of nitrogens with two attached hydrogens (primary N) is 1. The van der Waals surface area contributed by atoms with E-state index in [-0.39, 0.29) is 0 Å². The van der Waals surface area contributed by atoms with Crippen LogP contribution in [0.25, 0.3) is 11.4 Å². The summed E-state index contributed by atoms with van der Waals surface area (Å²) < 4.78 is 2.03. The Kier molecular flexibility index (Phi) is 2.79. The van der Waals surface area contributed by atoms with Crippen molar-refractivity contribution in [2.24, 2.45) is 12.8 Å². The van der Waals surface area contributed by atoms with E-state index >= 15 is 0 Å². The number of rotatable bonds is 2. The molecule has 0 radical (unpaired) electrons. The molecule has 0 saturated carbocycles. The Morgan fingerprint density at radius 2 is 2.06 bits per heavy atom. The summed E-state index contributed by atoms with van der Waals surface area (Å²) in [6.07, 6.45) is 1.98. The summed E-state index contributed by atoms with van der Waals surface area (Å²) >= 11 is 0. The topological polar surface area (TPSA) is 43.8 Å². The number of imidazole rings is 1. The lowest BCUT2D eigenvalue weighted by Gasteiger charge is -2.06. The van der Waals surface area contributed by atoms with Crippen molar-refractivity contribution in [3.63, 3.8) is 0 Å². The summed E-state index contributed by atoms with van der Waals surface area (Å²) in [5.74, 6) is 0.988. The zero-order chi connectivity index (χ0) is 11.7. The lowest BCUT2D eigenvalue weighted by Crippen LogP contribution is -1.96. The molecular weight excluding hydrogens is 198 g/mol. The van der Waals surface area contributed by atoms with Crippen molar-refractivity contribution >= 4 is 0 Å². The van der Waals surface area contributed by atoms with Crippen LogP contribution in [0.3, 0.4) is 0 Å². The van der Waals surface area contributed by atoms with Crippen molar-refractivity contribution in [1.29, 1.82) is 0 Å². The first-order valence-corrected chi connectivity index (χ1v) is 5.41. The van der Waals surface area contributed by atoms with Crippen LogP contribution in [0.15, 0.2) is 24.4 Å². The van der Waals surface area contributed by atoms with Crippen molar-refractivity contribution in [2.45, 2.75) is 20.4 Å². The van der Waals surface area contributed by atoms with Crippen molar-refractivity contribution < 1.29 is 0 Å². The molecule has 0 fully saturated rings. The Morgan fingerprint density at radius 1 is 1.31 bits per heavy atom. The van der Waals surface area contributed by atoms with E-state index in [2.05, 4.69) is 37.0 Å². The molecule has 84 valence electrons. The molecule has 0 saturated heterocycles. The SMILES string of the molecule is Cc1ccc(C)c(-c2nc(CN)cn2C)c1. The van der Waals surface area contributed by atoms with Crippen molar-refractivity contribution in [1.82, 2.24) is 9.55 Å². The summed E-state index contributed by atoms with van der Waals surface area (Å²) in [5.41, 5.74) is 10.2. The predicted octanol–water partition coefficient (Wildman–Crippen LogP) is 2.16. The van der Waals surface area contributed by atoms with E-state index in [1.54, 1.807) is 0 Å². The van der Waals surface area contributed by atoms with Gasteiger partial charge in [-0.05, 0) is 25.5 Å². The van der Waals surface area contributed by atoms with Gasteiger partial charge in [0.15, 0.2) is 0 Å². The number of aromatic nitrogens is 2. The molecule has 2 aromatic rings. The second kappa shape index (κ2) is 4.10. The number of nitrogens with zero attached hydrogens (tertiary/aromatic N) is 2.